The number of thioether (sulfide) groups is 1. The molecule has 1 aromatic heterocycles. The minimum absolute atomic E-state index is 0.0857. The van der Waals surface area contributed by atoms with Crippen molar-refractivity contribution in [1.82, 2.24) is 4.90 Å². The number of nitro groups is 1. The lowest BCUT2D eigenvalue weighted by molar-refractivity contribution is -0.384. The highest BCUT2D eigenvalue weighted by atomic mass is 32.2. The molecule has 8 nitrogen and oxygen atoms in total. The van der Waals surface area contributed by atoms with E-state index in [1.165, 1.54) is 12.1 Å². The molecule has 1 N–H and O–H groups in total. The first-order valence-electron chi connectivity index (χ1n) is 10.1. The van der Waals surface area contributed by atoms with E-state index in [4.69, 9.17) is 16.6 Å². The Labute approximate surface area is 204 Å². The molecule has 10 heteroatoms. The van der Waals surface area contributed by atoms with Gasteiger partial charge in [0.05, 0.1) is 15.4 Å². The van der Waals surface area contributed by atoms with Gasteiger partial charge in [0.15, 0.2) is 0 Å². The number of aryl methyl sites for hydroxylation is 1. The molecule has 2 aromatic carbocycles. The molecule has 4 rings (SSSR count). The Morgan fingerprint density at radius 3 is 2.65 bits per heavy atom. The van der Waals surface area contributed by atoms with Crippen LogP contribution in [0, 0.1) is 17.0 Å². The van der Waals surface area contributed by atoms with Gasteiger partial charge in [-0.05, 0) is 36.2 Å². The molecule has 1 saturated heterocycles. The molecule has 2 heterocycles. The summed E-state index contributed by atoms with van der Waals surface area (Å²) in [6, 6.07) is 15.8. The van der Waals surface area contributed by atoms with Crippen LogP contribution in [0.3, 0.4) is 0 Å². The van der Waals surface area contributed by atoms with Crippen LogP contribution in [0.2, 0.25) is 0 Å². The molecule has 34 heavy (non-hydrogen) atoms. The number of nitro benzene ring substituents is 1. The molecule has 1 atom stereocenters. The van der Waals surface area contributed by atoms with Gasteiger partial charge in [0.2, 0.25) is 0 Å². The Morgan fingerprint density at radius 2 is 1.97 bits per heavy atom. The maximum atomic E-state index is 13.1. The van der Waals surface area contributed by atoms with E-state index >= 15 is 0 Å². The van der Waals surface area contributed by atoms with Crippen LogP contribution in [-0.2, 0) is 16.0 Å². The molecule has 1 fully saturated rings. The maximum absolute atomic E-state index is 13.1. The van der Waals surface area contributed by atoms with Crippen LogP contribution in [-0.4, -0.2) is 37.2 Å². The van der Waals surface area contributed by atoms with Crippen LogP contribution in [0.4, 0.5) is 5.69 Å². The van der Waals surface area contributed by atoms with Crippen molar-refractivity contribution in [1.29, 1.82) is 0 Å². The number of nitrogens with zero attached hydrogens (tertiary/aromatic N) is 2. The standard InChI is InChI=1S/C24H18N2O6S2/c1-14-7-9-17(18(11-14)26(30)31)20-10-8-16(32-20)13-21-22(27)25(24(33)34-21)19(23(28)29)12-15-5-3-2-4-6-15/h2-11,13,19H,12H2,1H3,(H,28,29)/b21-13-/t19-/m0/s1. The summed E-state index contributed by atoms with van der Waals surface area (Å²) >= 11 is 6.31. The van der Waals surface area contributed by atoms with Gasteiger partial charge in [0, 0.05) is 18.6 Å². The maximum Gasteiger partial charge on any atom is 0.327 e. The lowest BCUT2D eigenvalue weighted by atomic mass is 10.0. The SMILES string of the molecule is Cc1ccc(-c2ccc(/C=C3\SC(=S)N([C@@H](Cc4ccccc4)C(=O)O)C3=O)o2)c([N+](=O)[O-])c1. The minimum atomic E-state index is -1.16. The number of carbonyl (C=O) groups excluding carboxylic acids is 1. The lowest BCUT2D eigenvalue weighted by Crippen LogP contribution is -2.45. The van der Waals surface area contributed by atoms with Gasteiger partial charge in [0.25, 0.3) is 11.6 Å². The molecule has 0 unspecified atom stereocenters. The van der Waals surface area contributed by atoms with Gasteiger partial charge >= 0.3 is 5.97 Å². The van der Waals surface area contributed by atoms with Crippen molar-refractivity contribution in [2.24, 2.45) is 0 Å². The number of hydrogen-bond donors (Lipinski definition) is 1. The number of hydrogen-bond acceptors (Lipinski definition) is 7. The third-order valence-electron chi connectivity index (χ3n) is 5.21. The second-order valence-corrected chi connectivity index (χ2v) is 9.25. The molecule has 0 aliphatic carbocycles. The van der Waals surface area contributed by atoms with Crippen molar-refractivity contribution < 1.29 is 24.0 Å². The number of amides is 1. The Bertz CT molecular complexity index is 1330. The Balaban J connectivity index is 1.60. The molecule has 1 amide bonds. The topological polar surface area (TPSA) is 114 Å². The van der Waals surface area contributed by atoms with Crippen molar-refractivity contribution in [3.8, 4) is 11.3 Å². The van der Waals surface area contributed by atoms with Crippen LogP contribution in [0.15, 0.2) is 70.0 Å². The summed E-state index contributed by atoms with van der Waals surface area (Å²) in [5, 5.41) is 21.2. The third kappa shape index (κ3) is 4.78. The normalized spacial score (nSPS) is 15.7. The van der Waals surface area contributed by atoms with Gasteiger partial charge in [-0.3, -0.25) is 19.8 Å². The van der Waals surface area contributed by atoms with Crippen molar-refractivity contribution in [2.75, 3.05) is 0 Å². The first kappa shape index (κ1) is 23.4. The first-order valence-corrected chi connectivity index (χ1v) is 11.4. The zero-order valence-electron chi connectivity index (χ0n) is 17.8. The molecular formula is C24H18N2O6S2. The summed E-state index contributed by atoms with van der Waals surface area (Å²) in [4.78, 5) is 37.3. The quantitative estimate of drug-likeness (QED) is 0.210. The van der Waals surface area contributed by atoms with Gasteiger partial charge in [-0.1, -0.05) is 60.4 Å². The van der Waals surface area contributed by atoms with Crippen LogP contribution < -0.4 is 0 Å². The highest BCUT2D eigenvalue weighted by Crippen LogP contribution is 2.37. The van der Waals surface area contributed by atoms with E-state index in [9.17, 15) is 24.8 Å². The van der Waals surface area contributed by atoms with Gasteiger partial charge in [0.1, 0.15) is 21.9 Å². The summed E-state index contributed by atoms with van der Waals surface area (Å²) < 4.78 is 5.90. The lowest BCUT2D eigenvalue weighted by Gasteiger charge is -2.23. The second kappa shape index (κ2) is 9.62. The first-order chi connectivity index (χ1) is 16.2. The number of carboxylic acids is 1. The summed E-state index contributed by atoms with van der Waals surface area (Å²) in [5.41, 5.74) is 1.74. The smallest absolute Gasteiger partial charge is 0.327 e. The number of furan rings is 1. The molecule has 1 aliphatic rings. The molecule has 0 radical (unpaired) electrons. The van der Waals surface area contributed by atoms with Gasteiger partial charge < -0.3 is 9.52 Å². The minimum Gasteiger partial charge on any atom is -0.480 e. The molecule has 1 aliphatic heterocycles. The number of carbonyl (C=O) groups is 2. The zero-order chi connectivity index (χ0) is 24.4. The van der Waals surface area contributed by atoms with E-state index in [0.29, 0.717) is 11.3 Å². The third-order valence-corrected chi connectivity index (χ3v) is 6.54. The molecule has 3 aromatic rings. The fourth-order valence-electron chi connectivity index (χ4n) is 3.58. The molecule has 0 spiro atoms. The van der Waals surface area contributed by atoms with E-state index in [1.807, 2.05) is 6.07 Å². The van der Waals surface area contributed by atoms with Crippen molar-refractivity contribution in [3.63, 3.8) is 0 Å². The van der Waals surface area contributed by atoms with Gasteiger partial charge in [-0.2, -0.15) is 0 Å². The second-order valence-electron chi connectivity index (χ2n) is 7.58. The highest BCUT2D eigenvalue weighted by Gasteiger charge is 2.40. The number of rotatable bonds is 7. The largest absolute Gasteiger partial charge is 0.480 e. The van der Waals surface area contributed by atoms with Gasteiger partial charge in [-0.15, -0.1) is 0 Å². The van der Waals surface area contributed by atoms with Gasteiger partial charge in [-0.25, -0.2) is 4.79 Å². The highest BCUT2D eigenvalue weighted by molar-refractivity contribution is 8.26. The van der Waals surface area contributed by atoms with E-state index in [2.05, 4.69) is 0 Å². The number of aliphatic carboxylic acids is 1. The summed E-state index contributed by atoms with van der Waals surface area (Å²) in [6.07, 6.45) is 1.57. The van der Waals surface area contributed by atoms with Crippen LogP contribution >= 0.6 is 24.0 Å². The van der Waals surface area contributed by atoms with Crippen LogP contribution in [0.25, 0.3) is 17.4 Å². The Kier molecular flexibility index (Phi) is 6.62. The van der Waals surface area contributed by atoms with E-state index in [-0.39, 0.29) is 27.1 Å². The number of carboxylic acid groups (broad SMARTS) is 1. The zero-order valence-corrected chi connectivity index (χ0v) is 19.5. The fourth-order valence-corrected chi connectivity index (χ4v) is 4.92. The van der Waals surface area contributed by atoms with Crippen molar-refractivity contribution in [2.45, 2.75) is 19.4 Å². The predicted octanol–water partition coefficient (Wildman–Crippen LogP) is 5.06. The van der Waals surface area contributed by atoms with Crippen LogP contribution in [0.5, 0.6) is 0 Å². The fraction of sp³-hybridized carbons (Fsp3) is 0.125. The van der Waals surface area contributed by atoms with Crippen molar-refractivity contribution >= 4 is 51.9 Å². The van der Waals surface area contributed by atoms with E-state index < -0.39 is 22.8 Å². The summed E-state index contributed by atoms with van der Waals surface area (Å²) in [6.45, 7) is 1.76. The van der Waals surface area contributed by atoms with Crippen LogP contribution in [0.1, 0.15) is 16.9 Å². The van der Waals surface area contributed by atoms with E-state index in [0.717, 1.165) is 27.8 Å². The number of benzene rings is 2. The number of thiocarbonyl (C=S) groups is 1. The molecule has 0 bridgehead atoms. The van der Waals surface area contributed by atoms with Crippen molar-refractivity contribution in [3.05, 3.63) is 92.6 Å². The molecular weight excluding hydrogens is 476 g/mol. The monoisotopic (exact) mass is 494 g/mol. The summed E-state index contributed by atoms with van der Waals surface area (Å²) in [7, 11) is 0. The predicted molar refractivity (Wildman–Crippen MR) is 132 cm³/mol. The Hall–Kier alpha value is -3.76. The molecule has 172 valence electrons. The average molecular weight is 495 g/mol. The average Bonchev–Trinajstić information content (AvgIpc) is 3.37. The summed E-state index contributed by atoms with van der Waals surface area (Å²) in [5.74, 6) is -1.12. The molecule has 0 saturated carbocycles. The Morgan fingerprint density at radius 1 is 1.24 bits per heavy atom. The van der Waals surface area contributed by atoms with E-state index in [1.54, 1.807) is 55.5 Å².